The highest BCUT2D eigenvalue weighted by Gasteiger charge is 2.29. The Bertz CT molecular complexity index is 715. The van der Waals surface area contributed by atoms with E-state index < -0.39 is 12.0 Å². The maximum atomic E-state index is 14.3. The first-order valence-corrected chi connectivity index (χ1v) is 6.64. The van der Waals surface area contributed by atoms with Gasteiger partial charge in [0.05, 0.1) is 17.6 Å². The molecule has 3 nitrogen and oxygen atoms in total. The van der Waals surface area contributed by atoms with Crippen LogP contribution in [-0.2, 0) is 0 Å². The van der Waals surface area contributed by atoms with Crippen LogP contribution in [-0.4, -0.2) is 20.5 Å². The van der Waals surface area contributed by atoms with Gasteiger partial charge in [0.15, 0.2) is 11.8 Å². The minimum absolute atomic E-state index is 0.264. The summed E-state index contributed by atoms with van der Waals surface area (Å²) in [5.74, 6) is -1.10. The smallest absolute Gasteiger partial charge is 0.158 e. The summed E-state index contributed by atoms with van der Waals surface area (Å²) >= 11 is 0. The Morgan fingerprint density at radius 2 is 2.15 bits per heavy atom. The summed E-state index contributed by atoms with van der Waals surface area (Å²) in [6.07, 6.45) is 7.28. The minimum atomic E-state index is -1.58. The molecule has 2 heterocycles. The van der Waals surface area contributed by atoms with Crippen LogP contribution in [0.1, 0.15) is 24.7 Å². The van der Waals surface area contributed by atoms with E-state index in [1.807, 2.05) is 13.8 Å². The molecule has 0 spiro atoms. The van der Waals surface area contributed by atoms with Crippen LogP contribution in [0.5, 0.6) is 0 Å². The van der Waals surface area contributed by atoms with Crippen molar-refractivity contribution in [2.75, 3.05) is 0 Å². The number of hydrogen-bond donors (Lipinski definition) is 0. The minimum Gasteiger partial charge on any atom is -0.297 e. The molecule has 1 aliphatic carbocycles. The fraction of sp³-hybridized carbons (Fsp3) is 0.333. The molecule has 0 saturated carbocycles. The SMILES string of the molecule is CCC1C=CC(c2cnc3c(C)nccn23)=C(F)C1F. The van der Waals surface area contributed by atoms with Crippen LogP contribution in [0.25, 0.3) is 11.2 Å². The van der Waals surface area contributed by atoms with Crippen molar-refractivity contribution < 1.29 is 8.78 Å². The third-order valence-electron chi connectivity index (χ3n) is 3.74. The van der Waals surface area contributed by atoms with Crippen molar-refractivity contribution in [1.29, 1.82) is 0 Å². The average Bonchev–Trinajstić information content (AvgIpc) is 2.87. The van der Waals surface area contributed by atoms with Crippen molar-refractivity contribution in [3.8, 4) is 0 Å². The molecular weight excluding hydrogens is 260 g/mol. The predicted octanol–water partition coefficient (Wildman–Crippen LogP) is 3.65. The number of hydrogen-bond acceptors (Lipinski definition) is 2. The third-order valence-corrected chi connectivity index (χ3v) is 3.74. The monoisotopic (exact) mass is 275 g/mol. The lowest BCUT2D eigenvalue weighted by Gasteiger charge is -2.20. The summed E-state index contributed by atoms with van der Waals surface area (Å²) in [6.45, 7) is 3.68. The molecule has 0 fully saturated rings. The molecule has 0 aromatic carbocycles. The van der Waals surface area contributed by atoms with E-state index in [-0.39, 0.29) is 11.5 Å². The molecular formula is C15H15F2N3. The van der Waals surface area contributed by atoms with E-state index in [2.05, 4.69) is 9.97 Å². The third kappa shape index (κ3) is 1.85. The second kappa shape index (κ2) is 4.81. The molecule has 0 saturated heterocycles. The van der Waals surface area contributed by atoms with Gasteiger partial charge in [0.2, 0.25) is 0 Å². The maximum Gasteiger partial charge on any atom is 0.158 e. The second-order valence-corrected chi connectivity index (χ2v) is 4.94. The lowest BCUT2D eigenvalue weighted by atomic mass is 9.91. The van der Waals surface area contributed by atoms with Gasteiger partial charge in [-0.05, 0) is 13.3 Å². The number of alkyl halides is 1. The van der Waals surface area contributed by atoms with E-state index in [0.717, 1.165) is 5.69 Å². The van der Waals surface area contributed by atoms with Gasteiger partial charge in [0.25, 0.3) is 0 Å². The molecule has 0 bridgehead atoms. The van der Waals surface area contributed by atoms with E-state index >= 15 is 0 Å². The fourth-order valence-corrected chi connectivity index (χ4v) is 2.53. The first kappa shape index (κ1) is 13.0. The molecule has 3 rings (SSSR count). The van der Waals surface area contributed by atoms with Crippen molar-refractivity contribution in [3.05, 3.63) is 48.0 Å². The van der Waals surface area contributed by atoms with E-state index in [1.165, 1.54) is 0 Å². The van der Waals surface area contributed by atoms with Crippen molar-refractivity contribution in [3.63, 3.8) is 0 Å². The molecule has 2 atom stereocenters. The highest BCUT2D eigenvalue weighted by molar-refractivity contribution is 5.77. The number of aryl methyl sites for hydroxylation is 1. The first-order chi connectivity index (χ1) is 9.63. The predicted molar refractivity (Wildman–Crippen MR) is 73.6 cm³/mol. The van der Waals surface area contributed by atoms with Gasteiger partial charge in [-0.3, -0.25) is 9.38 Å². The van der Waals surface area contributed by atoms with Gasteiger partial charge < -0.3 is 0 Å². The van der Waals surface area contributed by atoms with E-state index in [9.17, 15) is 8.78 Å². The number of imidazole rings is 1. The molecule has 5 heteroatoms. The molecule has 1 aliphatic rings. The van der Waals surface area contributed by atoms with Crippen molar-refractivity contribution in [2.24, 2.45) is 5.92 Å². The van der Waals surface area contributed by atoms with E-state index in [0.29, 0.717) is 17.8 Å². The van der Waals surface area contributed by atoms with Gasteiger partial charge in [-0.1, -0.05) is 19.1 Å². The Morgan fingerprint density at radius 1 is 1.35 bits per heavy atom. The molecule has 104 valence electrons. The number of aromatic nitrogens is 3. The summed E-state index contributed by atoms with van der Waals surface area (Å²) in [4.78, 5) is 8.38. The van der Waals surface area contributed by atoms with Gasteiger partial charge >= 0.3 is 0 Å². The normalized spacial score (nSPS) is 22.8. The van der Waals surface area contributed by atoms with Crippen LogP contribution in [0.15, 0.2) is 36.6 Å². The van der Waals surface area contributed by atoms with Crippen LogP contribution in [0.2, 0.25) is 0 Å². The molecule has 20 heavy (non-hydrogen) atoms. The van der Waals surface area contributed by atoms with Gasteiger partial charge in [-0.2, -0.15) is 0 Å². The molecule has 2 unspecified atom stereocenters. The van der Waals surface area contributed by atoms with E-state index in [4.69, 9.17) is 0 Å². The number of allylic oxidation sites excluding steroid dienone is 4. The Morgan fingerprint density at radius 3 is 2.90 bits per heavy atom. The molecule has 0 amide bonds. The molecule has 0 radical (unpaired) electrons. The van der Waals surface area contributed by atoms with Crippen LogP contribution in [0, 0.1) is 12.8 Å². The van der Waals surface area contributed by atoms with Crippen molar-refractivity contribution >= 4 is 11.2 Å². The average molecular weight is 275 g/mol. The summed E-state index contributed by atoms with van der Waals surface area (Å²) in [6, 6.07) is 0. The van der Waals surface area contributed by atoms with Gasteiger partial charge in [-0.15, -0.1) is 0 Å². The summed E-state index contributed by atoms with van der Waals surface area (Å²) in [5, 5.41) is 0. The Labute approximate surface area is 115 Å². The molecule has 2 aromatic rings. The number of rotatable bonds is 2. The highest BCUT2D eigenvalue weighted by Crippen LogP contribution is 2.34. The van der Waals surface area contributed by atoms with Gasteiger partial charge in [-0.25, -0.2) is 13.8 Å². The molecule has 0 N–H and O–H groups in total. The maximum absolute atomic E-state index is 14.3. The van der Waals surface area contributed by atoms with Crippen molar-refractivity contribution in [1.82, 2.24) is 14.4 Å². The lowest BCUT2D eigenvalue weighted by Crippen LogP contribution is -2.18. The highest BCUT2D eigenvalue weighted by atomic mass is 19.2. The number of fused-ring (bicyclic) bond motifs is 1. The van der Waals surface area contributed by atoms with Gasteiger partial charge in [0, 0.05) is 23.9 Å². The van der Waals surface area contributed by atoms with Crippen molar-refractivity contribution in [2.45, 2.75) is 26.4 Å². The van der Waals surface area contributed by atoms with Gasteiger partial charge in [0.1, 0.15) is 5.83 Å². The largest absolute Gasteiger partial charge is 0.297 e. The molecule has 2 aromatic heterocycles. The summed E-state index contributed by atoms with van der Waals surface area (Å²) < 4.78 is 30.0. The Kier molecular flexibility index (Phi) is 3.12. The summed E-state index contributed by atoms with van der Waals surface area (Å²) in [5.41, 5.74) is 2.23. The van der Waals surface area contributed by atoms with Crippen LogP contribution in [0.3, 0.4) is 0 Å². The standard InChI is InChI=1S/C15H15F2N3/c1-3-10-4-5-11(14(17)13(10)16)12-8-19-15-9(2)18-6-7-20(12)15/h4-8,10,13H,3H2,1-2H3. The number of nitrogens with zero attached hydrogens (tertiary/aromatic N) is 3. The van der Waals surface area contributed by atoms with Crippen LogP contribution in [0.4, 0.5) is 8.78 Å². The first-order valence-electron chi connectivity index (χ1n) is 6.64. The Balaban J connectivity index is 2.15. The zero-order valence-electron chi connectivity index (χ0n) is 11.3. The Hall–Kier alpha value is -2.04. The van der Waals surface area contributed by atoms with Crippen LogP contribution < -0.4 is 0 Å². The lowest BCUT2D eigenvalue weighted by molar-refractivity contribution is 0.257. The van der Waals surface area contributed by atoms with Crippen LogP contribution >= 0.6 is 0 Å². The summed E-state index contributed by atoms with van der Waals surface area (Å²) in [7, 11) is 0. The second-order valence-electron chi connectivity index (χ2n) is 4.94. The zero-order chi connectivity index (χ0) is 14.3. The van der Waals surface area contributed by atoms with E-state index in [1.54, 1.807) is 35.1 Å². The molecule has 0 aliphatic heterocycles. The quantitative estimate of drug-likeness (QED) is 0.837. The number of halogens is 2. The zero-order valence-corrected chi connectivity index (χ0v) is 11.3. The fourth-order valence-electron chi connectivity index (χ4n) is 2.53. The topological polar surface area (TPSA) is 30.2 Å².